The third-order valence-corrected chi connectivity index (χ3v) is 9.13. The van der Waals surface area contributed by atoms with Gasteiger partial charge in [0.05, 0.1) is 22.6 Å². The SMILES string of the molecule is CCOC(=O)C(CCNC(C)C(=O)N1CC2(C[C@H]1C(=O)O)SCCS2)c1ccccc1. The minimum Gasteiger partial charge on any atom is -0.480 e. The van der Waals surface area contributed by atoms with Gasteiger partial charge in [-0.3, -0.25) is 9.59 Å². The third kappa shape index (κ3) is 5.75. The molecule has 31 heavy (non-hydrogen) atoms. The maximum atomic E-state index is 13.1. The van der Waals surface area contributed by atoms with Gasteiger partial charge in [0, 0.05) is 24.5 Å². The van der Waals surface area contributed by atoms with Crippen molar-refractivity contribution in [1.29, 1.82) is 0 Å². The second kappa shape index (κ2) is 10.7. The van der Waals surface area contributed by atoms with Gasteiger partial charge in [-0.05, 0) is 32.4 Å². The molecule has 2 aliphatic rings. The van der Waals surface area contributed by atoms with Crippen LogP contribution in [-0.2, 0) is 19.1 Å². The van der Waals surface area contributed by atoms with Crippen LogP contribution in [0, 0.1) is 0 Å². The average Bonchev–Trinajstić information content (AvgIpc) is 3.38. The summed E-state index contributed by atoms with van der Waals surface area (Å²) >= 11 is 3.53. The lowest BCUT2D eigenvalue weighted by atomic mass is 9.95. The van der Waals surface area contributed by atoms with Crippen molar-refractivity contribution in [2.75, 3.05) is 31.2 Å². The summed E-state index contributed by atoms with van der Waals surface area (Å²) in [5.74, 6) is 0.131. The molecule has 2 saturated heterocycles. The van der Waals surface area contributed by atoms with E-state index in [0.717, 1.165) is 17.1 Å². The number of hydrogen-bond donors (Lipinski definition) is 2. The van der Waals surface area contributed by atoms with Crippen molar-refractivity contribution in [1.82, 2.24) is 10.2 Å². The maximum Gasteiger partial charge on any atom is 0.326 e. The number of hydrogen-bond acceptors (Lipinski definition) is 7. The minimum absolute atomic E-state index is 0.194. The van der Waals surface area contributed by atoms with Gasteiger partial charge in [-0.2, -0.15) is 0 Å². The summed E-state index contributed by atoms with van der Waals surface area (Å²) in [6.45, 7) is 4.74. The van der Waals surface area contributed by atoms with Gasteiger partial charge in [0.2, 0.25) is 5.91 Å². The Balaban J connectivity index is 1.59. The predicted octanol–water partition coefficient (Wildman–Crippen LogP) is 2.56. The molecule has 0 saturated carbocycles. The van der Waals surface area contributed by atoms with Crippen LogP contribution in [0.25, 0.3) is 0 Å². The topological polar surface area (TPSA) is 95.9 Å². The maximum absolute atomic E-state index is 13.1. The Morgan fingerprint density at radius 3 is 2.55 bits per heavy atom. The summed E-state index contributed by atoms with van der Waals surface area (Å²) < 4.78 is 5.03. The summed E-state index contributed by atoms with van der Waals surface area (Å²) in [5.41, 5.74) is 0.879. The molecule has 9 heteroatoms. The molecule has 1 spiro atoms. The number of nitrogens with one attached hydrogen (secondary N) is 1. The molecular formula is C22H30N2O5S2. The zero-order valence-electron chi connectivity index (χ0n) is 17.9. The van der Waals surface area contributed by atoms with E-state index >= 15 is 0 Å². The van der Waals surface area contributed by atoms with Gasteiger partial charge in [-0.1, -0.05) is 30.3 Å². The first-order chi connectivity index (χ1) is 14.9. The highest BCUT2D eigenvalue weighted by Crippen LogP contribution is 2.51. The Kier molecular flexibility index (Phi) is 8.30. The van der Waals surface area contributed by atoms with E-state index in [9.17, 15) is 19.5 Å². The minimum atomic E-state index is -0.947. The number of likely N-dealkylation sites (tertiary alicyclic amines) is 1. The zero-order chi connectivity index (χ0) is 22.4. The molecule has 0 aromatic heterocycles. The van der Waals surface area contributed by atoms with E-state index in [2.05, 4.69) is 5.32 Å². The van der Waals surface area contributed by atoms with Crippen molar-refractivity contribution in [2.45, 2.75) is 48.8 Å². The van der Waals surface area contributed by atoms with Gasteiger partial charge < -0.3 is 20.1 Å². The van der Waals surface area contributed by atoms with Crippen molar-refractivity contribution in [3.63, 3.8) is 0 Å². The summed E-state index contributed by atoms with van der Waals surface area (Å²) in [6, 6.07) is 8.14. The van der Waals surface area contributed by atoms with Crippen LogP contribution in [0.4, 0.5) is 0 Å². The molecule has 0 radical (unpaired) electrons. The lowest BCUT2D eigenvalue weighted by Crippen LogP contribution is -2.49. The van der Waals surface area contributed by atoms with Crippen LogP contribution in [0.5, 0.6) is 0 Å². The van der Waals surface area contributed by atoms with Crippen molar-refractivity contribution < 1.29 is 24.2 Å². The number of carbonyl (C=O) groups is 3. The zero-order valence-corrected chi connectivity index (χ0v) is 19.5. The molecule has 1 aromatic carbocycles. The number of thioether (sulfide) groups is 2. The molecule has 2 aliphatic heterocycles. The Morgan fingerprint density at radius 2 is 1.94 bits per heavy atom. The number of nitrogens with zero attached hydrogens (tertiary/aromatic N) is 1. The molecule has 0 aliphatic carbocycles. The van der Waals surface area contributed by atoms with Crippen LogP contribution in [0.3, 0.4) is 0 Å². The summed E-state index contributed by atoms with van der Waals surface area (Å²) in [5, 5.41) is 12.8. The third-order valence-electron chi connectivity index (χ3n) is 5.70. The highest BCUT2D eigenvalue weighted by Gasteiger charge is 2.51. The number of ether oxygens (including phenoxy) is 1. The molecule has 3 rings (SSSR count). The number of carboxylic acid groups (broad SMARTS) is 1. The Labute approximate surface area is 191 Å². The molecule has 2 heterocycles. The average molecular weight is 467 g/mol. The van der Waals surface area contributed by atoms with Crippen LogP contribution >= 0.6 is 23.5 Å². The van der Waals surface area contributed by atoms with E-state index < -0.39 is 24.0 Å². The molecule has 2 N–H and O–H groups in total. The standard InChI is InChI=1S/C22H30N2O5S2/c1-3-29-21(28)17(16-7-5-4-6-8-16)9-10-23-15(2)19(25)24-14-22(30-11-12-31-22)13-18(24)20(26)27/h4-8,15,17-18,23H,3,9-14H2,1-2H3,(H,26,27)/t15?,17?,18-/m0/s1. The Bertz CT molecular complexity index is 785. The fraction of sp³-hybridized carbons (Fsp3) is 0.591. The summed E-state index contributed by atoms with van der Waals surface area (Å²) in [4.78, 5) is 38.8. The van der Waals surface area contributed by atoms with E-state index in [1.807, 2.05) is 30.3 Å². The lowest BCUT2D eigenvalue weighted by molar-refractivity contribution is -0.149. The Hall–Kier alpha value is -1.71. The van der Waals surface area contributed by atoms with E-state index in [1.165, 1.54) is 4.90 Å². The van der Waals surface area contributed by atoms with Gasteiger partial charge in [-0.25, -0.2) is 4.79 Å². The number of aliphatic carboxylic acids is 1. The molecule has 2 unspecified atom stereocenters. The molecule has 170 valence electrons. The van der Waals surface area contributed by atoms with Crippen LogP contribution in [0.1, 0.15) is 38.2 Å². The largest absolute Gasteiger partial charge is 0.480 e. The fourth-order valence-electron chi connectivity index (χ4n) is 4.13. The first-order valence-electron chi connectivity index (χ1n) is 10.6. The van der Waals surface area contributed by atoms with Crippen LogP contribution in [-0.4, -0.2) is 75.2 Å². The number of esters is 1. The van der Waals surface area contributed by atoms with Gasteiger partial charge in [-0.15, -0.1) is 23.5 Å². The predicted molar refractivity (Wildman–Crippen MR) is 123 cm³/mol. The van der Waals surface area contributed by atoms with Crippen molar-refractivity contribution >= 4 is 41.4 Å². The fourth-order valence-corrected chi connectivity index (χ4v) is 7.38. The first kappa shape index (κ1) is 23.9. The van der Waals surface area contributed by atoms with Gasteiger partial charge in [0.15, 0.2) is 0 Å². The van der Waals surface area contributed by atoms with E-state index in [-0.39, 0.29) is 16.0 Å². The summed E-state index contributed by atoms with van der Waals surface area (Å²) in [6.07, 6.45) is 0.966. The van der Waals surface area contributed by atoms with Crippen LogP contribution in [0.15, 0.2) is 30.3 Å². The van der Waals surface area contributed by atoms with E-state index in [1.54, 1.807) is 37.4 Å². The van der Waals surface area contributed by atoms with E-state index in [4.69, 9.17) is 4.74 Å². The monoisotopic (exact) mass is 466 g/mol. The second-order valence-electron chi connectivity index (χ2n) is 7.81. The molecule has 3 atom stereocenters. The Morgan fingerprint density at radius 1 is 1.26 bits per heavy atom. The number of benzene rings is 1. The normalized spacial score (nSPS) is 21.7. The van der Waals surface area contributed by atoms with Gasteiger partial charge in [0.1, 0.15) is 6.04 Å². The smallest absolute Gasteiger partial charge is 0.326 e. The quantitative estimate of drug-likeness (QED) is 0.536. The molecular weight excluding hydrogens is 436 g/mol. The number of carboxylic acids is 1. The van der Waals surface area contributed by atoms with Crippen molar-refractivity contribution in [3.05, 3.63) is 35.9 Å². The number of rotatable bonds is 9. The molecule has 1 amide bonds. The lowest BCUT2D eigenvalue weighted by Gasteiger charge is -2.26. The molecule has 1 aromatic rings. The highest BCUT2D eigenvalue weighted by molar-refractivity contribution is 8.21. The van der Waals surface area contributed by atoms with Gasteiger partial charge >= 0.3 is 11.9 Å². The number of amides is 1. The second-order valence-corrected chi connectivity index (χ2v) is 11.0. The van der Waals surface area contributed by atoms with Crippen molar-refractivity contribution in [3.8, 4) is 0 Å². The first-order valence-corrected chi connectivity index (χ1v) is 12.6. The van der Waals surface area contributed by atoms with Crippen molar-refractivity contribution in [2.24, 2.45) is 0 Å². The molecule has 0 bridgehead atoms. The molecule has 2 fully saturated rings. The summed E-state index contributed by atoms with van der Waals surface area (Å²) in [7, 11) is 0. The van der Waals surface area contributed by atoms with Crippen LogP contribution in [0.2, 0.25) is 0 Å². The van der Waals surface area contributed by atoms with Gasteiger partial charge in [0.25, 0.3) is 0 Å². The van der Waals surface area contributed by atoms with Crippen LogP contribution < -0.4 is 5.32 Å². The van der Waals surface area contributed by atoms with E-state index in [0.29, 0.717) is 32.5 Å². The molecule has 7 nitrogen and oxygen atoms in total. The highest BCUT2D eigenvalue weighted by atomic mass is 32.2. The number of carbonyl (C=O) groups excluding carboxylic acids is 2.